The Balaban J connectivity index is 1.64. The van der Waals surface area contributed by atoms with Crippen LogP contribution in [0.4, 0.5) is 5.69 Å². The molecule has 1 atom stereocenters. The minimum absolute atomic E-state index is 0.177. The van der Waals surface area contributed by atoms with E-state index in [4.69, 9.17) is 0 Å². The molecule has 0 spiro atoms. The van der Waals surface area contributed by atoms with Gasteiger partial charge in [-0.15, -0.1) is 10.2 Å². The van der Waals surface area contributed by atoms with Crippen molar-refractivity contribution < 1.29 is 4.79 Å². The number of aromatic nitrogens is 3. The van der Waals surface area contributed by atoms with E-state index >= 15 is 0 Å². The number of anilines is 1. The van der Waals surface area contributed by atoms with Gasteiger partial charge in [0.1, 0.15) is 0 Å². The zero-order valence-electron chi connectivity index (χ0n) is 18.4. The predicted molar refractivity (Wildman–Crippen MR) is 127 cm³/mol. The molecule has 2 heterocycles. The molecule has 0 radical (unpaired) electrons. The Hall–Kier alpha value is -2.80. The van der Waals surface area contributed by atoms with Crippen molar-refractivity contribution in [2.24, 2.45) is 0 Å². The number of carbonyl (C=O) groups excluding carboxylic acids is 1. The summed E-state index contributed by atoms with van der Waals surface area (Å²) in [6, 6.07) is 18.7. The number of benzene rings is 2. The number of hydrogen-bond acceptors (Lipinski definition) is 5. The Morgan fingerprint density at radius 3 is 2.65 bits per heavy atom. The topological polar surface area (TPSA) is 54.3 Å². The van der Waals surface area contributed by atoms with Crippen molar-refractivity contribution in [1.82, 2.24) is 19.7 Å². The fourth-order valence-corrected chi connectivity index (χ4v) is 4.80. The quantitative estimate of drug-likeness (QED) is 0.534. The average molecular weight is 436 g/mol. The van der Waals surface area contributed by atoms with Gasteiger partial charge in [-0.2, -0.15) is 0 Å². The molecule has 31 heavy (non-hydrogen) atoms. The molecule has 1 unspecified atom stereocenters. The lowest BCUT2D eigenvalue weighted by molar-refractivity contribution is -0.131. The summed E-state index contributed by atoms with van der Waals surface area (Å²) < 4.78 is 2.05. The van der Waals surface area contributed by atoms with Gasteiger partial charge >= 0.3 is 0 Å². The number of rotatable bonds is 6. The summed E-state index contributed by atoms with van der Waals surface area (Å²) in [5.41, 5.74) is 3.08. The van der Waals surface area contributed by atoms with Crippen molar-refractivity contribution in [1.29, 1.82) is 0 Å². The molecule has 1 aliphatic rings. The third kappa shape index (κ3) is 4.77. The summed E-state index contributed by atoms with van der Waals surface area (Å²) in [6.07, 6.45) is 3.38. The van der Waals surface area contributed by atoms with Crippen LogP contribution < -0.4 is 4.90 Å². The summed E-state index contributed by atoms with van der Waals surface area (Å²) in [7, 11) is 4.05. The van der Waals surface area contributed by atoms with E-state index in [1.54, 1.807) is 0 Å². The fraction of sp³-hybridized carbons (Fsp3) is 0.375. The van der Waals surface area contributed by atoms with Gasteiger partial charge in [0.15, 0.2) is 11.0 Å². The van der Waals surface area contributed by atoms with E-state index in [0.717, 1.165) is 47.3 Å². The van der Waals surface area contributed by atoms with Crippen molar-refractivity contribution >= 4 is 23.4 Å². The van der Waals surface area contributed by atoms with Crippen LogP contribution in [0, 0.1) is 0 Å². The molecule has 7 heteroatoms. The van der Waals surface area contributed by atoms with Gasteiger partial charge < -0.3 is 9.80 Å². The van der Waals surface area contributed by atoms with E-state index < -0.39 is 0 Å². The van der Waals surface area contributed by atoms with Gasteiger partial charge in [0.25, 0.3) is 0 Å². The zero-order valence-corrected chi connectivity index (χ0v) is 19.2. The van der Waals surface area contributed by atoms with Gasteiger partial charge in [-0.25, -0.2) is 0 Å². The van der Waals surface area contributed by atoms with Crippen LogP contribution in [-0.2, 0) is 4.79 Å². The van der Waals surface area contributed by atoms with Gasteiger partial charge in [0, 0.05) is 43.6 Å². The molecule has 1 saturated heterocycles. The Morgan fingerprint density at radius 1 is 1.10 bits per heavy atom. The van der Waals surface area contributed by atoms with Crippen LogP contribution in [0.15, 0.2) is 59.8 Å². The predicted octanol–water partition coefficient (Wildman–Crippen LogP) is 4.49. The molecule has 1 aliphatic heterocycles. The molecule has 0 bridgehead atoms. The summed E-state index contributed by atoms with van der Waals surface area (Å²) in [5, 5.41) is 9.72. The van der Waals surface area contributed by atoms with Crippen LogP contribution in [0.5, 0.6) is 0 Å². The van der Waals surface area contributed by atoms with Crippen molar-refractivity contribution in [3.05, 3.63) is 54.6 Å². The number of hydrogen-bond donors (Lipinski definition) is 0. The van der Waals surface area contributed by atoms with Gasteiger partial charge in [-0.3, -0.25) is 9.36 Å². The first kappa shape index (κ1) is 21.4. The van der Waals surface area contributed by atoms with Crippen LogP contribution in [-0.4, -0.2) is 58.0 Å². The highest BCUT2D eigenvalue weighted by Crippen LogP contribution is 2.30. The van der Waals surface area contributed by atoms with Crippen molar-refractivity contribution in [3.8, 4) is 17.1 Å². The molecule has 0 N–H and O–H groups in total. The van der Waals surface area contributed by atoms with Crippen LogP contribution >= 0.6 is 11.8 Å². The van der Waals surface area contributed by atoms with Crippen molar-refractivity contribution in [2.75, 3.05) is 31.3 Å². The molecule has 162 valence electrons. The van der Waals surface area contributed by atoms with Gasteiger partial charge in [0.05, 0.1) is 5.75 Å². The lowest BCUT2D eigenvalue weighted by Gasteiger charge is -2.33. The molecule has 4 rings (SSSR count). The van der Waals surface area contributed by atoms with E-state index in [1.807, 2.05) is 66.0 Å². The Labute approximate surface area is 188 Å². The van der Waals surface area contributed by atoms with Crippen LogP contribution in [0.3, 0.4) is 0 Å². The number of nitrogens with zero attached hydrogens (tertiary/aromatic N) is 5. The molecule has 1 amide bonds. The normalized spacial score (nSPS) is 16.4. The Morgan fingerprint density at radius 2 is 1.90 bits per heavy atom. The largest absolute Gasteiger partial charge is 0.378 e. The molecule has 0 aliphatic carbocycles. The van der Waals surface area contributed by atoms with Crippen molar-refractivity contribution in [3.63, 3.8) is 0 Å². The Bertz CT molecular complexity index is 1030. The summed E-state index contributed by atoms with van der Waals surface area (Å²) >= 11 is 1.46. The maximum Gasteiger partial charge on any atom is 0.233 e. The van der Waals surface area contributed by atoms with Crippen LogP contribution in [0.25, 0.3) is 17.1 Å². The molecule has 1 aromatic heterocycles. The number of amides is 1. The van der Waals surface area contributed by atoms with E-state index in [0.29, 0.717) is 11.8 Å². The van der Waals surface area contributed by atoms with Crippen molar-refractivity contribution in [2.45, 2.75) is 37.4 Å². The molecule has 3 aromatic rings. The lowest BCUT2D eigenvalue weighted by Crippen LogP contribution is -2.42. The maximum atomic E-state index is 12.9. The smallest absolute Gasteiger partial charge is 0.233 e. The average Bonchev–Trinajstić information content (AvgIpc) is 3.22. The highest BCUT2D eigenvalue weighted by Gasteiger charge is 2.24. The van der Waals surface area contributed by atoms with E-state index in [-0.39, 0.29) is 5.91 Å². The fourth-order valence-electron chi connectivity index (χ4n) is 3.96. The summed E-state index contributed by atoms with van der Waals surface area (Å²) in [4.78, 5) is 17.0. The molecular weight excluding hydrogens is 406 g/mol. The summed E-state index contributed by atoms with van der Waals surface area (Å²) in [5.74, 6) is 1.32. The zero-order chi connectivity index (χ0) is 21.8. The number of piperidine rings is 1. The standard InChI is InChI=1S/C24H29N5OS/c1-18-10-7-8-15-28(18)22(30)17-31-24-26-25-23(29(24)20-12-5-4-6-13-20)19-11-9-14-21(16-19)27(2)3/h4-6,9,11-14,16,18H,7-8,10,15,17H2,1-3H3. The number of thioether (sulfide) groups is 1. The minimum Gasteiger partial charge on any atom is -0.378 e. The summed E-state index contributed by atoms with van der Waals surface area (Å²) in [6.45, 7) is 3.00. The highest BCUT2D eigenvalue weighted by atomic mass is 32.2. The first-order chi connectivity index (χ1) is 15.0. The highest BCUT2D eigenvalue weighted by molar-refractivity contribution is 7.99. The van der Waals surface area contributed by atoms with Gasteiger partial charge in [-0.1, -0.05) is 42.1 Å². The van der Waals surface area contributed by atoms with E-state index in [9.17, 15) is 4.79 Å². The number of likely N-dealkylation sites (tertiary alicyclic amines) is 1. The molecule has 1 fully saturated rings. The lowest BCUT2D eigenvalue weighted by atomic mass is 10.0. The number of carbonyl (C=O) groups is 1. The first-order valence-electron chi connectivity index (χ1n) is 10.8. The molecule has 2 aromatic carbocycles. The second-order valence-electron chi connectivity index (χ2n) is 8.14. The second-order valence-corrected chi connectivity index (χ2v) is 9.09. The molecular formula is C24H29N5OS. The maximum absolute atomic E-state index is 12.9. The number of para-hydroxylation sites is 1. The third-order valence-electron chi connectivity index (χ3n) is 5.72. The van der Waals surface area contributed by atoms with E-state index in [2.05, 4.69) is 34.2 Å². The molecule has 0 saturated carbocycles. The SMILES string of the molecule is CC1CCCCN1C(=O)CSc1nnc(-c2cccc(N(C)C)c2)n1-c1ccccc1. The van der Waals surface area contributed by atoms with E-state index in [1.165, 1.54) is 18.2 Å². The Kier molecular flexibility index (Phi) is 6.61. The molecule has 6 nitrogen and oxygen atoms in total. The van der Waals surface area contributed by atoms with Gasteiger partial charge in [-0.05, 0) is 50.5 Å². The first-order valence-corrected chi connectivity index (χ1v) is 11.7. The second kappa shape index (κ2) is 9.56. The minimum atomic E-state index is 0.177. The van der Waals surface area contributed by atoms with Crippen LogP contribution in [0.2, 0.25) is 0 Å². The third-order valence-corrected chi connectivity index (χ3v) is 6.63. The monoisotopic (exact) mass is 435 g/mol. The van der Waals surface area contributed by atoms with Gasteiger partial charge in [0.2, 0.25) is 5.91 Å². The van der Waals surface area contributed by atoms with Crippen LogP contribution in [0.1, 0.15) is 26.2 Å².